The minimum atomic E-state index is -4.47. The second-order valence-corrected chi connectivity index (χ2v) is 6.00. The van der Waals surface area contributed by atoms with E-state index in [1.54, 1.807) is 6.07 Å². The van der Waals surface area contributed by atoms with Gasteiger partial charge in [-0.3, -0.25) is 4.79 Å². The topological polar surface area (TPSA) is 50.4 Å². The van der Waals surface area contributed by atoms with Crippen molar-refractivity contribution in [3.05, 3.63) is 34.4 Å². The quantitative estimate of drug-likeness (QED) is 0.876. The summed E-state index contributed by atoms with van der Waals surface area (Å²) in [5.41, 5.74) is -0.670. The number of nitrogens with one attached hydrogen (secondary N) is 2. The Balaban J connectivity index is 1.99. The van der Waals surface area contributed by atoms with Crippen LogP contribution in [0.15, 0.2) is 12.1 Å². The molecule has 0 spiro atoms. The smallest absolute Gasteiger partial charge is 0.372 e. The number of carbonyl (C=O) groups is 1. The second-order valence-electron chi connectivity index (χ2n) is 6.00. The fourth-order valence-electron chi connectivity index (χ4n) is 3.06. The minimum Gasteiger partial charge on any atom is -0.372 e. The monoisotopic (exact) mass is 314 g/mol. The summed E-state index contributed by atoms with van der Waals surface area (Å²) in [4.78, 5) is 11.7. The lowest BCUT2D eigenvalue weighted by atomic mass is 9.91. The Morgan fingerprint density at radius 3 is 2.77 bits per heavy atom. The first-order valence-electron chi connectivity index (χ1n) is 7.14. The van der Waals surface area contributed by atoms with Crippen LogP contribution in [0.1, 0.15) is 34.0 Å². The number of hydrogen-bond donors (Lipinski definition) is 2. The zero-order valence-corrected chi connectivity index (χ0v) is 12.1. The van der Waals surface area contributed by atoms with E-state index in [1.807, 2.05) is 6.92 Å². The van der Waals surface area contributed by atoms with Crippen molar-refractivity contribution in [1.29, 1.82) is 0 Å². The molecular formula is C15H17F3N2O2. The van der Waals surface area contributed by atoms with Crippen LogP contribution >= 0.6 is 0 Å². The summed E-state index contributed by atoms with van der Waals surface area (Å²) in [6.07, 6.45) is -4.15. The van der Waals surface area contributed by atoms with Gasteiger partial charge in [0, 0.05) is 31.6 Å². The molecule has 22 heavy (non-hydrogen) atoms. The van der Waals surface area contributed by atoms with Crippen molar-refractivity contribution in [2.24, 2.45) is 0 Å². The molecule has 1 fully saturated rings. The van der Waals surface area contributed by atoms with Crippen LogP contribution in [0.5, 0.6) is 0 Å². The maximum atomic E-state index is 13.2. The summed E-state index contributed by atoms with van der Waals surface area (Å²) in [5.74, 6) is -0.449. The van der Waals surface area contributed by atoms with E-state index >= 15 is 0 Å². The highest BCUT2D eigenvalue weighted by molar-refractivity contribution is 5.99. The highest BCUT2D eigenvalue weighted by Gasteiger charge is 2.38. The SMILES string of the molecule is C[C@@]1(Cc2cc3c(c(C(F)(F)F)c2)CNC3=O)CNCCO1. The van der Waals surface area contributed by atoms with Gasteiger partial charge in [-0.15, -0.1) is 0 Å². The van der Waals surface area contributed by atoms with Crippen molar-refractivity contribution in [3.8, 4) is 0 Å². The van der Waals surface area contributed by atoms with Gasteiger partial charge in [-0.05, 0) is 30.2 Å². The Morgan fingerprint density at radius 1 is 1.36 bits per heavy atom. The van der Waals surface area contributed by atoms with Crippen LogP contribution in [0.4, 0.5) is 13.2 Å². The highest BCUT2D eigenvalue weighted by atomic mass is 19.4. The van der Waals surface area contributed by atoms with Gasteiger partial charge in [-0.25, -0.2) is 0 Å². The van der Waals surface area contributed by atoms with Gasteiger partial charge in [-0.1, -0.05) is 0 Å². The van der Waals surface area contributed by atoms with Crippen molar-refractivity contribution in [2.75, 3.05) is 19.7 Å². The molecule has 1 amide bonds. The molecule has 1 aromatic carbocycles. The lowest BCUT2D eigenvalue weighted by molar-refractivity contribution is -0.138. The predicted octanol–water partition coefficient (Wildman–Crippen LogP) is 1.87. The lowest BCUT2D eigenvalue weighted by Crippen LogP contribution is -2.49. The third-order valence-electron chi connectivity index (χ3n) is 4.09. The average molecular weight is 314 g/mol. The van der Waals surface area contributed by atoms with Crippen LogP contribution in [0.2, 0.25) is 0 Å². The molecule has 1 aromatic rings. The van der Waals surface area contributed by atoms with E-state index < -0.39 is 23.2 Å². The van der Waals surface area contributed by atoms with Gasteiger partial charge < -0.3 is 15.4 Å². The van der Waals surface area contributed by atoms with Crippen LogP contribution in [0.25, 0.3) is 0 Å². The molecule has 0 saturated carbocycles. The normalized spacial score (nSPS) is 25.0. The van der Waals surface area contributed by atoms with Gasteiger partial charge in [0.2, 0.25) is 0 Å². The number of alkyl halides is 3. The molecule has 1 atom stereocenters. The molecule has 0 aliphatic carbocycles. The van der Waals surface area contributed by atoms with Crippen molar-refractivity contribution in [1.82, 2.24) is 10.6 Å². The van der Waals surface area contributed by atoms with Crippen molar-refractivity contribution in [3.63, 3.8) is 0 Å². The predicted molar refractivity (Wildman–Crippen MR) is 73.5 cm³/mol. The van der Waals surface area contributed by atoms with E-state index in [9.17, 15) is 18.0 Å². The fourth-order valence-corrected chi connectivity index (χ4v) is 3.06. The van der Waals surface area contributed by atoms with Crippen LogP contribution < -0.4 is 10.6 Å². The summed E-state index contributed by atoms with van der Waals surface area (Å²) >= 11 is 0. The number of benzene rings is 1. The number of morpholine rings is 1. The molecule has 2 aliphatic rings. The summed E-state index contributed by atoms with van der Waals surface area (Å²) in [7, 11) is 0. The molecule has 1 saturated heterocycles. The second kappa shape index (κ2) is 5.24. The zero-order valence-electron chi connectivity index (χ0n) is 12.1. The van der Waals surface area contributed by atoms with E-state index in [4.69, 9.17) is 4.74 Å². The molecule has 2 N–H and O–H groups in total. The summed E-state index contributed by atoms with van der Waals surface area (Å²) in [5, 5.41) is 5.63. The van der Waals surface area contributed by atoms with E-state index in [2.05, 4.69) is 10.6 Å². The first-order chi connectivity index (χ1) is 10.3. The van der Waals surface area contributed by atoms with Crippen molar-refractivity contribution in [2.45, 2.75) is 31.7 Å². The standard InChI is InChI=1S/C15H17F3N2O2/c1-14(8-19-2-3-22-14)6-9-4-10-11(7-20-13(10)21)12(5-9)15(16,17)18/h4-5,19H,2-3,6-8H2,1H3,(H,20,21)/t14-/m1/s1. The number of ether oxygens (including phenoxy) is 1. The fraction of sp³-hybridized carbons (Fsp3) is 0.533. The van der Waals surface area contributed by atoms with Crippen LogP contribution in [0.3, 0.4) is 0 Å². The molecule has 7 heteroatoms. The van der Waals surface area contributed by atoms with Gasteiger partial charge >= 0.3 is 6.18 Å². The number of rotatable bonds is 2. The number of halogens is 3. The Labute approximate surface area is 126 Å². The molecule has 120 valence electrons. The third kappa shape index (κ3) is 2.83. The van der Waals surface area contributed by atoms with E-state index in [0.29, 0.717) is 25.1 Å². The zero-order chi connectivity index (χ0) is 16.0. The third-order valence-corrected chi connectivity index (χ3v) is 4.09. The highest BCUT2D eigenvalue weighted by Crippen LogP contribution is 2.37. The minimum absolute atomic E-state index is 0.0362. The molecule has 0 radical (unpaired) electrons. The average Bonchev–Trinajstić information content (AvgIpc) is 2.79. The van der Waals surface area contributed by atoms with Crippen molar-refractivity contribution >= 4 is 5.91 Å². The Bertz CT molecular complexity index is 608. The van der Waals surface area contributed by atoms with Gasteiger partial charge in [0.05, 0.1) is 17.8 Å². The molecular weight excluding hydrogens is 297 g/mol. The van der Waals surface area contributed by atoms with E-state index in [-0.39, 0.29) is 17.7 Å². The van der Waals surface area contributed by atoms with Crippen LogP contribution in [0, 0.1) is 0 Å². The van der Waals surface area contributed by atoms with Gasteiger partial charge in [-0.2, -0.15) is 13.2 Å². The molecule has 4 nitrogen and oxygen atoms in total. The number of fused-ring (bicyclic) bond motifs is 1. The Hall–Kier alpha value is -1.60. The Morgan fingerprint density at radius 2 is 2.14 bits per heavy atom. The molecule has 0 bridgehead atoms. The van der Waals surface area contributed by atoms with E-state index in [0.717, 1.165) is 12.6 Å². The van der Waals surface area contributed by atoms with Crippen molar-refractivity contribution < 1.29 is 22.7 Å². The molecule has 2 aliphatic heterocycles. The lowest BCUT2D eigenvalue weighted by Gasteiger charge is -2.34. The maximum Gasteiger partial charge on any atom is 0.416 e. The molecule has 0 aromatic heterocycles. The number of carbonyl (C=O) groups excluding carboxylic acids is 1. The van der Waals surface area contributed by atoms with Crippen LogP contribution in [-0.2, 0) is 23.9 Å². The van der Waals surface area contributed by atoms with Gasteiger partial charge in [0.25, 0.3) is 5.91 Å². The number of amides is 1. The van der Waals surface area contributed by atoms with Gasteiger partial charge in [0.15, 0.2) is 0 Å². The largest absolute Gasteiger partial charge is 0.416 e. The first kappa shape index (κ1) is 15.3. The summed E-state index contributed by atoms with van der Waals surface area (Å²) < 4.78 is 45.4. The summed E-state index contributed by atoms with van der Waals surface area (Å²) in [6, 6.07) is 2.69. The molecule has 3 rings (SSSR count). The first-order valence-corrected chi connectivity index (χ1v) is 7.14. The van der Waals surface area contributed by atoms with Crippen LogP contribution in [-0.4, -0.2) is 31.2 Å². The maximum absolute atomic E-state index is 13.2. The Kier molecular flexibility index (Phi) is 3.65. The van der Waals surface area contributed by atoms with Gasteiger partial charge in [0.1, 0.15) is 0 Å². The molecule has 0 unspecified atom stereocenters. The van der Waals surface area contributed by atoms with E-state index in [1.165, 1.54) is 0 Å². The molecule has 2 heterocycles. The number of hydrogen-bond acceptors (Lipinski definition) is 3. The summed E-state index contributed by atoms with van der Waals surface area (Å²) in [6.45, 7) is 3.61.